The zero-order chi connectivity index (χ0) is 13.0. The summed E-state index contributed by atoms with van der Waals surface area (Å²) >= 11 is 9.52. The molecule has 2 rings (SSSR count). The fraction of sp³-hybridized carbons (Fsp3) is 0.538. The topological polar surface area (TPSA) is 42.0 Å². The quantitative estimate of drug-likeness (QED) is 0.859. The van der Waals surface area contributed by atoms with Crippen molar-refractivity contribution in [2.75, 3.05) is 11.9 Å². The summed E-state index contributed by atoms with van der Waals surface area (Å²) in [5, 5.41) is 4.32. The van der Waals surface area contributed by atoms with Crippen LogP contribution >= 0.6 is 27.5 Å². The Bertz CT molecular complexity index is 433. The van der Waals surface area contributed by atoms with Crippen LogP contribution in [0.5, 0.6) is 0 Å². The second kappa shape index (κ2) is 6.02. The van der Waals surface area contributed by atoms with Crippen LogP contribution in [0.25, 0.3) is 0 Å². The second-order valence-electron chi connectivity index (χ2n) is 4.88. The molecular weight excluding hydrogens is 316 g/mol. The molecule has 1 saturated carbocycles. The normalized spacial score (nSPS) is 17.7. The predicted molar refractivity (Wildman–Crippen MR) is 76.3 cm³/mol. The van der Waals surface area contributed by atoms with E-state index in [-0.39, 0.29) is 11.3 Å². The van der Waals surface area contributed by atoms with E-state index in [1.165, 1.54) is 31.9 Å². The zero-order valence-electron chi connectivity index (χ0n) is 10.1. The average molecular weight is 332 g/mol. The smallest absolute Gasteiger partial charge is 0.252 e. The molecule has 3 nitrogen and oxygen atoms in total. The molecule has 1 heterocycles. The Hall–Kier alpha value is -0.610. The lowest BCUT2D eigenvalue weighted by molar-refractivity contribution is 0.0935. The number of rotatable bonds is 4. The van der Waals surface area contributed by atoms with Gasteiger partial charge < -0.3 is 5.32 Å². The Morgan fingerprint density at radius 3 is 2.83 bits per heavy atom. The number of amides is 1. The molecule has 1 aromatic heterocycles. The highest BCUT2D eigenvalue weighted by molar-refractivity contribution is 9.09. The summed E-state index contributed by atoms with van der Waals surface area (Å²) in [6.45, 7) is 0.704. The van der Waals surface area contributed by atoms with Crippen LogP contribution in [0.1, 0.15) is 36.0 Å². The van der Waals surface area contributed by atoms with Crippen LogP contribution in [0.15, 0.2) is 18.5 Å². The summed E-state index contributed by atoms with van der Waals surface area (Å²) in [6, 6.07) is 1.65. The van der Waals surface area contributed by atoms with Crippen LogP contribution in [0.4, 0.5) is 0 Å². The number of hydrogen-bond donors (Lipinski definition) is 1. The molecule has 1 fully saturated rings. The lowest BCUT2D eigenvalue weighted by atomic mass is 9.89. The maximum Gasteiger partial charge on any atom is 0.252 e. The first-order valence-electron chi connectivity index (χ1n) is 6.11. The number of halogens is 2. The lowest BCUT2D eigenvalue weighted by Gasteiger charge is -2.26. The van der Waals surface area contributed by atoms with Crippen molar-refractivity contribution in [3.8, 4) is 0 Å². The molecule has 1 aliphatic rings. The van der Waals surface area contributed by atoms with E-state index in [1.54, 1.807) is 12.3 Å². The number of aromatic nitrogens is 1. The second-order valence-corrected chi connectivity index (χ2v) is 5.85. The Balaban J connectivity index is 1.98. The highest BCUT2D eigenvalue weighted by atomic mass is 79.9. The predicted octanol–water partition coefficient (Wildman–Crippen LogP) is 3.42. The highest BCUT2D eigenvalue weighted by Gasteiger charge is 2.33. The molecule has 98 valence electrons. The van der Waals surface area contributed by atoms with Crippen molar-refractivity contribution in [3.63, 3.8) is 0 Å². The highest BCUT2D eigenvalue weighted by Crippen LogP contribution is 2.39. The Morgan fingerprint density at radius 1 is 1.50 bits per heavy atom. The molecule has 0 saturated heterocycles. The summed E-state index contributed by atoms with van der Waals surface area (Å²) in [5.74, 6) is -0.116. The Labute approximate surface area is 120 Å². The van der Waals surface area contributed by atoms with Crippen molar-refractivity contribution in [1.82, 2.24) is 10.3 Å². The van der Waals surface area contributed by atoms with Crippen LogP contribution in [0.2, 0.25) is 5.02 Å². The van der Waals surface area contributed by atoms with Crippen molar-refractivity contribution >= 4 is 33.4 Å². The van der Waals surface area contributed by atoms with Crippen molar-refractivity contribution < 1.29 is 4.79 Å². The molecule has 0 unspecified atom stereocenters. The van der Waals surface area contributed by atoms with E-state index < -0.39 is 0 Å². The molecule has 0 atom stereocenters. The largest absolute Gasteiger partial charge is 0.351 e. The van der Waals surface area contributed by atoms with E-state index >= 15 is 0 Å². The third-order valence-electron chi connectivity index (χ3n) is 3.59. The molecule has 1 amide bonds. The summed E-state index contributed by atoms with van der Waals surface area (Å²) in [5.41, 5.74) is 0.712. The molecule has 18 heavy (non-hydrogen) atoms. The number of nitrogens with one attached hydrogen (secondary N) is 1. The van der Waals surface area contributed by atoms with Crippen molar-refractivity contribution in [2.45, 2.75) is 25.7 Å². The van der Waals surface area contributed by atoms with Crippen LogP contribution in [0.3, 0.4) is 0 Å². The van der Waals surface area contributed by atoms with Gasteiger partial charge >= 0.3 is 0 Å². The van der Waals surface area contributed by atoms with Gasteiger partial charge in [0.15, 0.2) is 0 Å². The van der Waals surface area contributed by atoms with Gasteiger partial charge in [-0.05, 0) is 24.3 Å². The first-order valence-corrected chi connectivity index (χ1v) is 7.60. The molecule has 1 aromatic rings. The number of pyridine rings is 1. The summed E-state index contributed by atoms with van der Waals surface area (Å²) < 4.78 is 0. The molecule has 0 spiro atoms. The number of nitrogens with zero attached hydrogens (tertiary/aromatic N) is 1. The first-order chi connectivity index (χ1) is 8.67. The molecule has 0 radical (unpaired) electrons. The SMILES string of the molecule is O=C(NCC1(CBr)CCCC1)c1ccncc1Cl. The van der Waals surface area contributed by atoms with Gasteiger partial charge in [-0.15, -0.1) is 0 Å². The number of carbonyl (C=O) groups is 1. The van der Waals surface area contributed by atoms with E-state index in [0.717, 1.165) is 5.33 Å². The molecule has 5 heteroatoms. The van der Waals surface area contributed by atoms with Crippen molar-refractivity contribution in [2.24, 2.45) is 5.41 Å². The maximum atomic E-state index is 12.0. The summed E-state index contributed by atoms with van der Waals surface area (Å²) in [6.07, 6.45) is 7.91. The molecule has 0 aromatic carbocycles. The van der Waals surface area contributed by atoms with Gasteiger partial charge in [0.25, 0.3) is 5.91 Å². The molecule has 1 aliphatic carbocycles. The molecule has 0 aliphatic heterocycles. The minimum absolute atomic E-state index is 0.116. The van der Waals surface area contributed by atoms with Gasteiger partial charge in [0.05, 0.1) is 10.6 Å². The zero-order valence-corrected chi connectivity index (χ0v) is 12.4. The minimum Gasteiger partial charge on any atom is -0.351 e. The van der Waals surface area contributed by atoms with E-state index in [9.17, 15) is 4.79 Å². The van der Waals surface area contributed by atoms with Crippen molar-refractivity contribution in [1.29, 1.82) is 0 Å². The van der Waals surface area contributed by atoms with Crippen LogP contribution in [-0.4, -0.2) is 22.8 Å². The van der Waals surface area contributed by atoms with Gasteiger partial charge in [0, 0.05) is 24.3 Å². The monoisotopic (exact) mass is 330 g/mol. The van der Waals surface area contributed by atoms with E-state index in [4.69, 9.17) is 11.6 Å². The Morgan fingerprint density at radius 2 is 2.22 bits per heavy atom. The van der Waals surface area contributed by atoms with Gasteiger partial charge in [0.2, 0.25) is 0 Å². The molecular formula is C13H16BrClN2O. The van der Waals surface area contributed by atoms with E-state index in [0.29, 0.717) is 17.1 Å². The van der Waals surface area contributed by atoms with Crippen LogP contribution < -0.4 is 5.32 Å². The number of alkyl halides is 1. The van der Waals surface area contributed by atoms with Crippen molar-refractivity contribution in [3.05, 3.63) is 29.0 Å². The number of hydrogen-bond acceptors (Lipinski definition) is 2. The van der Waals surface area contributed by atoms with Gasteiger partial charge in [0.1, 0.15) is 0 Å². The third kappa shape index (κ3) is 3.04. The minimum atomic E-state index is -0.116. The van der Waals surface area contributed by atoms with Crippen LogP contribution in [-0.2, 0) is 0 Å². The molecule has 0 bridgehead atoms. The first kappa shape index (κ1) is 13.8. The lowest BCUT2D eigenvalue weighted by Crippen LogP contribution is -2.37. The van der Waals surface area contributed by atoms with Gasteiger partial charge in [-0.3, -0.25) is 9.78 Å². The van der Waals surface area contributed by atoms with Gasteiger partial charge in [-0.2, -0.15) is 0 Å². The standard InChI is InChI=1S/C13H16BrClN2O/c14-8-13(4-1-2-5-13)9-17-12(18)10-3-6-16-7-11(10)15/h3,6-7H,1-2,4-5,8-9H2,(H,17,18). The number of carbonyl (C=O) groups excluding carboxylic acids is 1. The Kier molecular flexibility index (Phi) is 4.62. The average Bonchev–Trinajstić information content (AvgIpc) is 2.86. The van der Waals surface area contributed by atoms with Crippen LogP contribution in [0, 0.1) is 5.41 Å². The maximum absolute atomic E-state index is 12.0. The van der Waals surface area contributed by atoms with Gasteiger partial charge in [-0.25, -0.2) is 0 Å². The van der Waals surface area contributed by atoms with Gasteiger partial charge in [-0.1, -0.05) is 40.4 Å². The summed E-state index contributed by atoms with van der Waals surface area (Å²) in [7, 11) is 0. The third-order valence-corrected chi connectivity index (χ3v) is 5.08. The van der Waals surface area contributed by atoms with E-state index in [1.807, 2.05) is 0 Å². The fourth-order valence-electron chi connectivity index (χ4n) is 2.40. The molecule has 1 N–H and O–H groups in total. The fourth-order valence-corrected chi connectivity index (χ4v) is 3.37. The summed E-state index contributed by atoms with van der Waals surface area (Å²) in [4.78, 5) is 15.9. The van der Waals surface area contributed by atoms with E-state index in [2.05, 4.69) is 26.2 Å².